The molecule has 106 valence electrons. The van der Waals surface area contributed by atoms with Gasteiger partial charge in [0.1, 0.15) is 0 Å². The largest absolute Gasteiger partial charge is 0.493 e. The van der Waals surface area contributed by atoms with Gasteiger partial charge in [0.2, 0.25) is 0 Å². The summed E-state index contributed by atoms with van der Waals surface area (Å²) in [7, 11) is 3.01. The molecule has 5 nitrogen and oxygen atoms in total. The van der Waals surface area contributed by atoms with Crippen LogP contribution in [0.5, 0.6) is 11.5 Å². The van der Waals surface area contributed by atoms with Gasteiger partial charge >= 0.3 is 5.97 Å². The molecule has 0 bridgehead atoms. The molecular weight excluding hydrogens is 248 g/mol. The Kier molecular flexibility index (Phi) is 6.15. The smallest absolute Gasteiger partial charge is 0.339 e. The van der Waals surface area contributed by atoms with Crippen LogP contribution in [0.15, 0.2) is 18.2 Å². The Morgan fingerprint density at radius 3 is 2.53 bits per heavy atom. The molecule has 5 heteroatoms. The number of carbonyl (C=O) groups excluding carboxylic acids is 1. The number of hydrogen-bond acceptors (Lipinski definition) is 5. The fraction of sp³-hybridized carbons (Fsp3) is 0.500. The highest BCUT2D eigenvalue weighted by atomic mass is 16.5. The van der Waals surface area contributed by atoms with Gasteiger partial charge in [0.25, 0.3) is 0 Å². The molecule has 1 aromatic rings. The Hall–Kier alpha value is -1.75. The molecular formula is C14H20O5. The summed E-state index contributed by atoms with van der Waals surface area (Å²) < 4.78 is 15.2. The van der Waals surface area contributed by atoms with E-state index in [1.165, 1.54) is 14.2 Å². The molecule has 0 amide bonds. The molecule has 0 radical (unpaired) electrons. The van der Waals surface area contributed by atoms with Crippen molar-refractivity contribution in [1.29, 1.82) is 0 Å². The molecule has 1 aromatic carbocycles. The minimum absolute atomic E-state index is 0.319. The highest BCUT2D eigenvalue weighted by molar-refractivity contribution is 5.76. The first kappa shape index (κ1) is 15.3. The molecule has 1 N–H and O–H groups in total. The monoisotopic (exact) mass is 268 g/mol. The molecule has 1 atom stereocenters. The van der Waals surface area contributed by atoms with Crippen LogP contribution in [0.1, 0.15) is 31.4 Å². The molecule has 0 aliphatic rings. The first-order valence-electron chi connectivity index (χ1n) is 6.20. The predicted molar refractivity (Wildman–Crippen MR) is 70.4 cm³/mol. The molecule has 0 aliphatic carbocycles. The number of methoxy groups -OCH3 is 2. The van der Waals surface area contributed by atoms with E-state index in [0.29, 0.717) is 23.7 Å². The van der Waals surface area contributed by atoms with Crippen molar-refractivity contribution in [2.24, 2.45) is 0 Å². The average molecular weight is 268 g/mol. The topological polar surface area (TPSA) is 65.0 Å². The molecule has 19 heavy (non-hydrogen) atoms. The number of carbonyl (C=O) groups is 1. The summed E-state index contributed by atoms with van der Waals surface area (Å²) in [5.41, 5.74) is 0.416. The standard InChI is InChI=1S/C14H20O5/c1-4-5-8-19-14(16)13(15)10-6-7-11(17-2)12(9-10)18-3/h6-7,9,13,15H,4-5,8H2,1-3H3/t13-/m1/s1. The fourth-order valence-corrected chi connectivity index (χ4v) is 1.56. The molecule has 0 saturated heterocycles. The number of unbranched alkanes of at least 4 members (excludes halogenated alkanes) is 1. The number of aliphatic hydroxyl groups excluding tert-OH is 1. The van der Waals surface area contributed by atoms with E-state index >= 15 is 0 Å². The normalized spacial score (nSPS) is 11.8. The van der Waals surface area contributed by atoms with E-state index in [4.69, 9.17) is 14.2 Å². The minimum atomic E-state index is -1.31. The average Bonchev–Trinajstić information content (AvgIpc) is 2.45. The van der Waals surface area contributed by atoms with Crippen LogP contribution in [0.4, 0.5) is 0 Å². The lowest BCUT2D eigenvalue weighted by molar-refractivity contribution is -0.154. The van der Waals surface area contributed by atoms with E-state index in [1.807, 2.05) is 6.92 Å². The third-order valence-corrected chi connectivity index (χ3v) is 2.69. The Morgan fingerprint density at radius 2 is 1.95 bits per heavy atom. The number of aliphatic hydroxyl groups is 1. The lowest BCUT2D eigenvalue weighted by Crippen LogP contribution is -2.16. The van der Waals surface area contributed by atoms with Gasteiger partial charge in [-0.15, -0.1) is 0 Å². The van der Waals surface area contributed by atoms with Gasteiger partial charge in [-0.1, -0.05) is 19.4 Å². The maximum absolute atomic E-state index is 11.6. The summed E-state index contributed by atoms with van der Waals surface area (Å²) in [6.07, 6.45) is 0.404. The van der Waals surface area contributed by atoms with E-state index in [0.717, 1.165) is 12.8 Å². The summed E-state index contributed by atoms with van der Waals surface area (Å²) in [6, 6.07) is 4.80. The second kappa shape index (κ2) is 7.63. The molecule has 0 heterocycles. The number of benzene rings is 1. The molecule has 1 rings (SSSR count). The van der Waals surface area contributed by atoms with Crippen LogP contribution < -0.4 is 9.47 Å². The van der Waals surface area contributed by atoms with Gasteiger partial charge in [0, 0.05) is 0 Å². The van der Waals surface area contributed by atoms with Crippen LogP contribution in [0.3, 0.4) is 0 Å². The Morgan fingerprint density at radius 1 is 1.26 bits per heavy atom. The maximum atomic E-state index is 11.6. The van der Waals surface area contributed by atoms with Gasteiger partial charge in [0.05, 0.1) is 20.8 Å². The summed E-state index contributed by atoms with van der Waals surface area (Å²) in [4.78, 5) is 11.6. The molecule has 0 spiro atoms. The molecule has 0 unspecified atom stereocenters. The van der Waals surface area contributed by atoms with Gasteiger partial charge < -0.3 is 19.3 Å². The zero-order chi connectivity index (χ0) is 14.3. The van der Waals surface area contributed by atoms with E-state index in [1.54, 1.807) is 18.2 Å². The van der Waals surface area contributed by atoms with Gasteiger partial charge in [-0.3, -0.25) is 0 Å². The second-order valence-corrected chi connectivity index (χ2v) is 4.04. The predicted octanol–water partition coefficient (Wildman–Crippen LogP) is 2.08. The Labute approximate surface area is 113 Å². The minimum Gasteiger partial charge on any atom is -0.493 e. The van der Waals surface area contributed by atoms with Gasteiger partial charge in [0.15, 0.2) is 17.6 Å². The lowest BCUT2D eigenvalue weighted by atomic mass is 10.1. The van der Waals surface area contributed by atoms with Gasteiger partial charge in [-0.2, -0.15) is 0 Å². The first-order valence-corrected chi connectivity index (χ1v) is 6.20. The number of hydrogen-bond donors (Lipinski definition) is 1. The van der Waals surface area contributed by atoms with Crippen molar-refractivity contribution in [2.75, 3.05) is 20.8 Å². The zero-order valence-corrected chi connectivity index (χ0v) is 11.5. The van der Waals surface area contributed by atoms with Crippen LogP contribution >= 0.6 is 0 Å². The molecule has 0 fully saturated rings. The maximum Gasteiger partial charge on any atom is 0.339 e. The van der Waals surface area contributed by atoms with Crippen molar-refractivity contribution in [1.82, 2.24) is 0 Å². The van der Waals surface area contributed by atoms with E-state index in [9.17, 15) is 9.90 Å². The summed E-state index contributed by atoms with van der Waals surface area (Å²) in [5, 5.41) is 9.90. The van der Waals surface area contributed by atoms with Crippen molar-refractivity contribution < 1.29 is 24.1 Å². The van der Waals surface area contributed by atoms with Crippen LogP contribution in [-0.4, -0.2) is 31.9 Å². The quantitative estimate of drug-likeness (QED) is 0.606. The third kappa shape index (κ3) is 4.13. The Bertz CT molecular complexity index is 416. The number of esters is 1. The highest BCUT2D eigenvalue weighted by Gasteiger charge is 2.20. The third-order valence-electron chi connectivity index (χ3n) is 2.69. The zero-order valence-electron chi connectivity index (χ0n) is 11.5. The van der Waals surface area contributed by atoms with Crippen molar-refractivity contribution in [3.05, 3.63) is 23.8 Å². The van der Waals surface area contributed by atoms with Crippen LogP contribution in [0, 0.1) is 0 Å². The highest BCUT2D eigenvalue weighted by Crippen LogP contribution is 2.30. The molecule has 0 aliphatic heterocycles. The Balaban J connectivity index is 2.76. The van der Waals surface area contributed by atoms with E-state index < -0.39 is 12.1 Å². The first-order chi connectivity index (χ1) is 9.13. The van der Waals surface area contributed by atoms with Crippen LogP contribution in [-0.2, 0) is 9.53 Å². The van der Waals surface area contributed by atoms with Crippen molar-refractivity contribution in [2.45, 2.75) is 25.9 Å². The van der Waals surface area contributed by atoms with Crippen LogP contribution in [0.25, 0.3) is 0 Å². The number of ether oxygens (including phenoxy) is 3. The summed E-state index contributed by atoms with van der Waals surface area (Å²) in [5.74, 6) is 0.346. The van der Waals surface area contributed by atoms with Crippen LogP contribution in [0.2, 0.25) is 0 Å². The van der Waals surface area contributed by atoms with Crippen molar-refractivity contribution in [3.8, 4) is 11.5 Å². The molecule has 0 aromatic heterocycles. The molecule has 0 saturated carbocycles. The summed E-state index contributed by atoms with van der Waals surface area (Å²) in [6.45, 7) is 2.32. The van der Waals surface area contributed by atoms with Gasteiger partial charge in [-0.25, -0.2) is 4.79 Å². The van der Waals surface area contributed by atoms with E-state index in [2.05, 4.69) is 0 Å². The fourth-order valence-electron chi connectivity index (χ4n) is 1.56. The SMILES string of the molecule is CCCCOC(=O)[C@H](O)c1ccc(OC)c(OC)c1. The summed E-state index contributed by atoms with van der Waals surface area (Å²) >= 11 is 0. The lowest BCUT2D eigenvalue weighted by Gasteiger charge is -2.13. The van der Waals surface area contributed by atoms with Crippen molar-refractivity contribution >= 4 is 5.97 Å². The van der Waals surface area contributed by atoms with Gasteiger partial charge in [-0.05, 0) is 24.1 Å². The second-order valence-electron chi connectivity index (χ2n) is 4.04. The van der Waals surface area contributed by atoms with Crippen molar-refractivity contribution in [3.63, 3.8) is 0 Å². The number of rotatable bonds is 7. The van der Waals surface area contributed by atoms with E-state index in [-0.39, 0.29) is 0 Å².